The van der Waals surface area contributed by atoms with Crippen molar-refractivity contribution in [2.24, 2.45) is 0 Å². The number of piperidine rings is 1. The summed E-state index contributed by atoms with van der Waals surface area (Å²) in [6.07, 6.45) is 2.90. The average molecular weight is 537 g/mol. The molecule has 170 valence electrons. The van der Waals surface area contributed by atoms with Gasteiger partial charge in [0.1, 0.15) is 17.4 Å². The first kappa shape index (κ1) is 25.6. The molecule has 31 heavy (non-hydrogen) atoms. The third-order valence-electron chi connectivity index (χ3n) is 4.57. The molecule has 6 nitrogen and oxygen atoms in total. The van der Waals surface area contributed by atoms with Gasteiger partial charge in [0.15, 0.2) is 6.29 Å². The highest BCUT2D eigenvalue weighted by Gasteiger charge is 2.28. The van der Waals surface area contributed by atoms with Gasteiger partial charge in [-0.25, -0.2) is 14.2 Å². The van der Waals surface area contributed by atoms with Crippen LogP contribution in [0.15, 0.2) is 16.1 Å². The van der Waals surface area contributed by atoms with Gasteiger partial charge >= 0.3 is 6.09 Å². The number of anilines is 1. The zero-order chi connectivity index (χ0) is 23.3. The van der Waals surface area contributed by atoms with Gasteiger partial charge in [-0.15, -0.1) is 0 Å². The molecular weight excluding hydrogens is 512 g/mol. The Morgan fingerprint density at radius 3 is 2.48 bits per heavy atom. The molecule has 1 N–H and O–H groups in total. The van der Waals surface area contributed by atoms with Crippen LogP contribution in [0, 0.1) is 0 Å². The standard InChI is InChI=1S/C21H25BrCl2FN3O3/c1-12(22)16(23)9-14-17(10-25)27-19(24)15(11-29)18(14)26-13-5-7-28(8-6-13)20(30)31-21(2,3)4/h9,11,13H,1,5-8,10H2,2-4H3,(H,26,27)/b16-9+. The van der Waals surface area contributed by atoms with Crippen LogP contribution in [-0.4, -0.2) is 47.0 Å². The van der Waals surface area contributed by atoms with E-state index in [0.29, 0.717) is 48.0 Å². The lowest BCUT2D eigenvalue weighted by Crippen LogP contribution is -2.44. The van der Waals surface area contributed by atoms with E-state index in [9.17, 15) is 14.0 Å². The van der Waals surface area contributed by atoms with E-state index >= 15 is 0 Å². The fourth-order valence-electron chi connectivity index (χ4n) is 3.09. The molecule has 2 heterocycles. The summed E-state index contributed by atoms with van der Waals surface area (Å²) in [6, 6.07) is -0.0820. The third-order valence-corrected chi connectivity index (χ3v) is 5.86. The fraction of sp³-hybridized carbons (Fsp3) is 0.476. The molecule has 10 heteroatoms. The summed E-state index contributed by atoms with van der Waals surface area (Å²) >= 11 is 15.5. The number of likely N-dealkylation sites (tertiary alicyclic amines) is 1. The molecule has 2 rings (SSSR count). The highest BCUT2D eigenvalue weighted by Crippen LogP contribution is 2.34. The highest BCUT2D eigenvalue weighted by atomic mass is 79.9. The Bertz CT molecular complexity index is 895. The van der Waals surface area contributed by atoms with E-state index < -0.39 is 12.3 Å². The summed E-state index contributed by atoms with van der Waals surface area (Å²) in [5.74, 6) is 0. The predicted octanol–water partition coefficient (Wildman–Crippen LogP) is 6.32. The van der Waals surface area contributed by atoms with Crippen LogP contribution in [0.2, 0.25) is 5.15 Å². The van der Waals surface area contributed by atoms with E-state index in [1.165, 1.54) is 6.08 Å². The number of aromatic nitrogens is 1. The minimum atomic E-state index is -0.893. The van der Waals surface area contributed by atoms with Gasteiger partial charge in [0, 0.05) is 29.2 Å². The van der Waals surface area contributed by atoms with Crippen molar-refractivity contribution in [3.8, 4) is 0 Å². The van der Waals surface area contributed by atoms with Crippen molar-refractivity contribution in [2.75, 3.05) is 18.4 Å². The monoisotopic (exact) mass is 535 g/mol. The summed E-state index contributed by atoms with van der Waals surface area (Å²) in [4.78, 5) is 29.6. The maximum absolute atomic E-state index is 13.7. The number of hydrogen-bond acceptors (Lipinski definition) is 5. The Morgan fingerprint density at radius 2 is 2.00 bits per heavy atom. The van der Waals surface area contributed by atoms with Crippen molar-refractivity contribution in [3.05, 3.63) is 38.1 Å². The van der Waals surface area contributed by atoms with E-state index in [-0.39, 0.29) is 33.6 Å². The molecule has 0 bridgehead atoms. The molecule has 1 amide bonds. The number of aldehydes is 1. The van der Waals surface area contributed by atoms with E-state index in [4.69, 9.17) is 27.9 Å². The van der Waals surface area contributed by atoms with Gasteiger partial charge in [-0.2, -0.15) is 0 Å². The van der Waals surface area contributed by atoms with Crippen molar-refractivity contribution in [2.45, 2.75) is 51.9 Å². The van der Waals surface area contributed by atoms with Gasteiger partial charge < -0.3 is 15.0 Å². The van der Waals surface area contributed by atoms with Gasteiger partial charge in [0.05, 0.1) is 22.0 Å². The van der Waals surface area contributed by atoms with Crippen molar-refractivity contribution < 1.29 is 18.7 Å². The number of carbonyl (C=O) groups is 2. The van der Waals surface area contributed by atoms with Crippen molar-refractivity contribution >= 4 is 63.3 Å². The number of ether oxygens (including phenoxy) is 1. The first-order chi connectivity index (χ1) is 14.5. The zero-order valence-corrected chi connectivity index (χ0v) is 20.7. The number of nitrogens with one attached hydrogen (secondary N) is 1. The zero-order valence-electron chi connectivity index (χ0n) is 17.6. The van der Waals surface area contributed by atoms with Gasteiger partial charge in [0.25, 0.3) is 0 Å². The Morgan fingerprint density at radius 1 is 1.39 bits per heavy atom. The molecule has 1 fully saturated rings. The normalized spacial score (nSPS) is 15.6. The smallest absolute Gasteiger partial charge is 0.410 e. The Hall–Kier alpha value is -1.64. The van der Waals surface area contributed by atoms with Crippen LogP contribution >= 0.6 is 39.1 Å². The molecule has 1 aliphatic rings. The minimum Gasteiger partial charge on any atom is -0.444 e. The first-order valence-electron chi connectivity index (χ1n) is 9.66. The topological polar surface area (TPSA) is 71.5 Å². The van der Waals surface area contributed by atoms with E-state index in [0.717, 1.165) is 0 Å². The number of amides is 1. The Balaban J connectivity index is 2.29. The van der Waals surface area contributed by atoms with Crippen LogP contribution in [0.4, 0.5) is 14.9 Å². The van der Waals surface area contributed by atoms with Crippen molar-refractivity contribution in [1.82, 2.24) is 9.88 Å². The molecule has 0 radical (unpaired) electrons. The summed E-state index contributed by atoms with van der Waals surface area (Å²) in [6.45, 7) is 9.21. The van der Waals surface area contributed by atoms with Crippen LogP contribution in [0.1, 0.15) is 55.2 Å². The Kier molecular flexibility index (Phi) is 8.92. The predicted molar refractivity (Wildman–Crippen MR) is 126 cm³/mol. The molecule has 1 aromatic rings. The lowest BCUT2D eigenvalue weighted by molar-refractivity contribution is 0.0210. The number of carbonyl (C=O) groups excluding carboxylic acids is 2. The minimum absolute atomic E-state index is 0.0520. The lowest BCUT2D eigenvalue weighted by Gasteiger charge is -2.34. The number of hydrogen-bond donors (Lipinski definition) is 1. The summed E-state index contributed by atoms with van der Waals surface area (Å²) in [5.41, 5.74) is 0.279. The summed E-state index contributed by atoms with van der Waals surface area (Å²) in [5, 5.41) is 3.43. The van der Waals surface area contributed by atoms with Gasteiger partial charge in [-0.05, 0) is 55.6 Å². The number of allylic oxidation sites excluding steroid dienone is 2. The number of rotatable bonds is 6. The second-order valence-corrected chi connectivity index (χ2v) is 9.81. The molecule has 1 saturated heterocycles. The van der Waals surface area contributed by atoms with Gasteiger partial charge in [-0.1, -0.05) is 29.8 Å². The van der Waals surface area contributed by atoms with Gasteiger partial charge in [-0.3, -0.25) is 4.79 Å². The molecule has 0 aromatic carbocycles. The van der Waals surface area contributed by atoms with Crippen LogP contribution in [0.25, 0.3) is 6.08 Å². The molecule has 0 aliphatic carbocycles. The third kappa shape index (κ3) is 6.92. The van der Waals surface area contributed by atoms with Crippen molar-refractivity contribution in [1.29, 1.82) is 0 Å². The molecule has 1 aromatic heterocycles. The van der Waals surface area contributed by atoms with Crippen LogP contribution < -0.4 is 5.32 Å². The molecule has 0 saturated carbocycles. The maximum Gasteiger partial charge on any atom is 0.410 e. The fourth-order valence-corrected chi connectivity index (χ4v) is 3.56. The number of alkyl halides is 1. The Labute approximate surface area is 199 Å². The average Bonchev–Trinajstić information content (AvgIpc) is 2.68. The maximum atomic E-state index is 13.7. The molecule has 1 aliphatic heterocycles. The summed E-state index contributed by atoms with van der Waals surface area (Å²) < 4.78 is 19.5. The number of halogens is 4. The highest BCUT2D eigenvalue weighted by molar-refractivity contribution is 9.12. The van der Waals surface area contributed by atoms with E-state index in [1.54, 1.807) is 4.90 Å². The SMILES string of the molecule is C=C(Br)/C(Cl)=C\c1c(CF)nc(Cl)c(C=O)c1NC1CCN(C(=O)OC(C)(C)C)CC1. The lowest BCUT2D eigenvalue weighted by atomic mass is 10.0. The number of pyridine rings is 1. The molecule has 0 spiro atoms. The molecule has 0 atom stereocenters. The van der Waals surface area contributed by atoms with E-state index in [2.05, 4.69) is 32.8 Å². The second kappa shape index (κ2) is 10.8. The van der Waals surface area contributed by atoms with Crippen LogP contribution in [-0.2, 0) is 11.4 Å². The molecule has 0 unspecified atom stereocenters. The quantitative estimate of drug-likeness (QED) is 0.262. The first-order valence-corrected chi connectivity index (χ1v) is 11.2. The van der Waals surface area contributed by atoms with Crippen LogP contribution in [0.3, 0.4) is 0 Å². The van der Waals surface area contributed by atoms with Crippen LogP contribution in [0.5, 0.6) is 0 Å². The number of nitrogens with zero attached hydrogens (tertiary/aromatic N) is 2. The van der Waals surface area contributed by atoms with Gasteiger partial charge in [0.2, 0.25) is 0 Å². The van der Waals surface area contributed by atoms with Crippen molar-refractivity contribution in [3.63, 3.8) is 0 Å². The molecular formula is C21H25BrCl2FN3O3. The van der Waals surface area contributed by atoms with E-state index in [1.807, 2.05) is 20.8 Å². The largest absolute Gasteiger partial charge is 0.444 e. The summed E-state index contributed by atoms with van der Waals surface area (Å²) in [7, 11) is 0. The second-order valence-electron chi connectivity index (χ2n) is 8.09.